The molecule has 1 saturated heterocycles. The van der Waals surface area contributed by atoms with Crippen LogP contribution >= 0.6 is 12.2 Å². The van der Waals surface area contributed by atoms with Crippen LogP contribution < -0.4 is 10.1 Å². The summed E-state index contributed by atoms with van der Waals surface area (Å²) in [6, 6.07) is 8.40. The van der Waals surface area contributed by atoms with E-state index < -0.39 is 0 Å². The lowest BCUT2D eigenvalue weighted by atomic mass is 10.1. The third kappa shape index (κ3) is 3.83. The highest BCUT2D eigenvalue weighted by atomic mass is 32.1. The Morgan fingerprint density at radius 3 is 3.00 bits per heavy atom. The summed E-state index contributed by atoms with van der Waals surface area (Å²) in [7, 11) is 1.67. The maximum Gasteiger partial charge on any atom is 0.173 e. The molecule has 0 bridgehead atoms. The van der Waals surface area contributed by atoms with Crippen LogP contribution in [-0.2, 0) is 0 Å². The second-order valence-corrected chi connectivity index (χ2v) is 5.44. The lowest BCUT2D eigenvalue weighted by Crippen LogP contribution is -2.40. The first kappa shape index (κ1) is 14.1. The predicted octanol–water partition coefficient (Wildman–Crippen LogP) is 3.66. The van der Waals surface area contributed by atoms with Crippen LogP contribution in [0.3, 0.4) is 0 Å². The quantitative estimate of drug-likeness (QED) is 0.835. The molecule has 1 atom stereocenters. The van der Waals surface area contributed by atoms with Crippen LogP contribution in [0.25, 0.3) is 0 Å². The summed E-state index contributed by atoms with van der Waals surface area (Å²) in [4.78, 5) is 2.31. The average molecular weight is 278 g/mol. The van der Waals surface area contributed by atoms with Crippen LogP contribution in [0.1, 0.15) is 32.6 Å². The van der Waals surface area contributed by atoms with Crippen LogP contribution in [-0.4, -0.2) is 29.7 Å². The molecule has 3 nitrogen and oxygen atoms in total. The van der Waals surface area contributed by atoms with Crippen molar-refractivity contribution >= 4 is 23.0 Å². The van der Waals surface area contributed by atoms with E-state index in [0.29, 0.717) is 6.04 Å². The van der Waals surface area contributed by atoms with Gasteiger partial charge in [-0.15, -0.1) is 0 Å². The van der Waals surface area contributed by atoms with Gasteiger partial charge in [-0.05, 0) is 44.1 Å². The summed E-state index contributed by atoms with van der Waals surface area (Å²) >= 11 is 5.55. The van der Waals surface area contributed by atoms with E-state index in [2.05, 4.69) is 17.1 Å². The zero-order valence-electron chi connectivity index (χ0n) is 11.7. The van der Waals surface area contributed by atoms with Gasteiger partial charge in [0.05, 0.1) is 7.11 Å². The Balaban J connectivity index is 2.02. The normalized spacial score (nSPS) is 19.7. The van der Waals surface area contributed by atoms with Gasteiger partial charge < -0.3 is 15.0 Å². The van der Waals surface area contributed by atoms with Gasteiger partial charge in [-0.25, -0.2) is 0 Å². The van der Waals surface area contributed by atoms with Crippen molar-refractivity contribution in [2.75, 3.05) is 19.0 Å². The Morgan fingerprint density at radius 1 is 1.37 bits per heavy atom. The van der Waals surface area contributed by atoms with Gasteiger partial charge >= 0.3 is 0 Å². The fourth-order valence-electron chi connectivity index (χ4n) is 2.47. The molecule has 1 unspecified atom stereocenters. The Hall–Kier alpha value is -1.29. The molecular formula is C15H22N2OS. The van der Waals surface area contributed by atoms with Crippen molar-refractivity contribution in [1.82, 2.24) is 4.90 Å². The topological polar surface area (TPSA) is 24.5 Å². The van der Waals surface area contributed by atoms with E-state index in [9.17, 15) is 0 Å². The fraction of sp³-hybridized carbons (Fsp3) is 0.533. The molecule has 19 heavy (non-hydrogen) atoms. The van der Waals surface area contributed by atoms with Crippen molar-refractivity contribution in [3.8, 4) is 5.75 Å². The maximum atomic E-state index is 5.55. The highest BCUT2D eigenvalue weighted by molar-refractivity contribution is 7.80. The molecule has 1 heterocycles. The van der Waals surface area contributed by atoms with Gasteiger partial charge in [0.25, 0.3) is 0 Å². The first-order valence-electron chi connectivity index (χ1n) is 6.92. The number of thiocarbonyl (C=S) groups is 1. The smallest absolute Gasteiger partial charge is 0.173 e. The summed E-state index contributed by atoms with van der Waals surface area (Å²) in [5, 5.41) is 4.14. The van der Waals surface area contributed by atoms with E-state index >= 15 is 0 Å². The van der Waals surface area contributed by atoms with E-state index in [-0.39, 0.29) is 0 Å². The largest absolute Gasteiger partial charge is 0.497 e. The van der Waals surface area contributed by atoms with Gasteiger partial charge in [0.1, 0.15) is 5.75 Å². The molecule has 0 radical (unpaired) electrons. The van der Waals surface area contributed by atoms with Crippen molar-refractivity contribution in [2.24, 2.45) is 0 Å². The minimum atomic E-state index is 0.521. The SMILES string of the molecule is COc1cccc(NC(=S)N2CCCCCC2C)c1. The van der Waals surface area contributed by atoms with Crippen molar-refractivity contribution in [1.29, 1.82) is 0 Å². The number of rotatable bonds is 2. The molecule has 1 N–H and O–H groups in total. The Bertz CT molecular complexity index is 436. The summed E-state index contributed by atoms with van der Waals surface area (Å²) < 4.78 is 5.23. The molecule has 0 spiro atoms. The maximum absolute atomic E-state index is 5.55. The van der Waals surface area contributed by atoms with E-state index in [1.165, 1.54) is 25.7 Å². The van der Waals surface area contributed by atoms with Gasteiger partial charge in [-0.3, -0.25) is 0 Å². The number of hydrogen-bond acceptors (Lipinski definition) is 2. The standard InChI is InChI=1S/C15H22N2OS/c1-12-7-4-3-5-10-17(12)15(19)16-13-8-6-9-14(11-13)18-2/h6,8-9,11-12H,3-5,7,10H2,1-2H3,(H,16,19). The van der Waals surface area contributed by atoms with Gasteiger partial charge in [0.15, 0.2) is 5.11 Å². The van der Waals surface area contributed by atoms with Crippen LogP contribution in [0.2, 0.25) is 0 Å². The lowest BCUT2D eigenvalue weighted by molar-refractivity contribution is 0.341. The van der Waals surface area contributed by atoms with E-state index in [4.69, 9.17) is 17.0 Å². The molecular weight excluding hydrogens is 256 g/mol. The molecule has 4 heteroatoms. The van der Waals surface area contributed by atoms with E-state index in [0.717, 1.165) is 23.1 Å². The third-order valence-corrected chi connectivity index (χ3v) is 3.97. The van der Waals surface area contributed by atoms with Crippen LogP contribution in [0.4, 0.5) is 5.69 Å². The van der Waals surface area contributed by atoms with Crippen molar-refractivity contribution < 1.29 is 4.74 Å². The molecule has 0 aliphatic carbocycles. The Kier molecular flexibility index (Phi) is 5.02. The molecule has 1 aliphatic heterocycles. The van der Waals surface area contributed by atoms with Gasteiger partial charge in [0, 0.05) is 24.3 Å². The van der Waals surface area contributed by atoms with Crippen LogP contribution in [0, 0.1) is 0 Å². The zero-order chi connectivity index (χ0) is 13.7. The molecule has 1 aliphatic rings. The number of anilines is 1. The van der Waals surface area contributed by atoms with Crippen molar-refractivity contribution in [3.05, 3.63) is 24.3 Å². The zero-order valence-corrected chi connectivity index (χ0v) is 12.5. The number of benzene rings is 1. The molecule has 1 aromatic carbocycles. The number of nitrogens with one attached hydrogen (secondary N) is 1. The van der Waals surface area contributed by atoms with E-state index in [1.807, 2.05) is 24.3 Å². The first-order chi connectivity index (χ1) is 9.20. The minimum Gasteiger partial charge on any atom is -0.497 e. The van der Waals surface area contributed by atoms with Crippen molar-refractivity contribution in [3.63, 3.8) is 0 Å². The molecule has 104 valence electrons. The summed E-state index contributed by atoms with van der Waals surface area (Å²) in [5.41, 5.74) is 0.987. The lowest BCUT2D eigenvalue weighted by Gasteiger charge is -2.30. The molecule has 1 aromatic rings. The Labute approximate surface area is 120 Å². The number of likely N-dealkylation sites (tertiary alicyclic amines) is 1. The number of ether oxygens (including phenoxy) is 1. The number of hydrogen-bond donors (Lipinski definition) is 1. The number of methoxy groups -OCH3 is 1. The van der Waals surface area contributed by atoms with Crippen LogP contribution in [0.5, 0.6) is 5.75 Å². The summed E-state index contributed by atoms with van der Waals surface area (Å²) in [6.07, 6.45) is 5.06. The average Bonchev–Trinajstić information content (AvgIpc) is 2.63. The monoisotopic (exact) mass is 278 g/mol. The predicted molar refractivity (Wildman–Crippen MR) is 83.9 cm³/mol. The molecule has 2 rings (SSSR count). The van der Waals surface area contributed by atoms with Crippen molar-refractivity contribution in [2.45, 2.75) is 38.6 Å². The molecule has 0 aromatic heterocycles. The second-order valence-electron chi connectivity index (χ2n) is 5.05. The van der Waals surface area contributed by atoms with Crippen LogP contribution in [0.15, 0.2) is 24.3 Å². The second kappa shape index (κ2) is 6.75. The summed E-state index contributed by atoms with van der Waals surface area (Å²) in [5.74, 6) is 0.844. The minimum absolute atomic E-state index is 0.521. The number of nitrogens with zero attached hydrogens (tertiary/aromatic N) is 1. The first-order valence-corrected chi connectivity index (χ1v) is 7.33. The molecule has 0 amide bonds. The van der Waals surface area contributed by atoms with Gasteiger partial charge in [-0.2, -0.15) is 0 Å². The highest BCUT2D eigenvalue weighted by Gasteiger charge is 2.19. The highest BCUT2D eigenvalue weighted by Crippen LogP contribution is 2.20. The van der Waals surface area contributed by atoms with Gasteiger partial charge in [0.2, 0.25) is 0 Å². The molecule has 1 fully saturated rings. The Morgan fingerprint density at radius 2 is 2.21 bits per heavy atom. The fourth-order valence-corrected chi connectivity index (χ4v) is 2.86. The van der Waals surface area contributed by atoms with E-state index in [1.54, 1.807) is 7.11 Å². The third-order valence-electron chi connectivity index (χ3n) is 3.63. The summed E-state index contributed by atoms with van der Waals surface area (Å²) in [6.45, 7) is 3.31. The van der Waals surface area contributed by atoms with Gasteiger partial charge in [-0.1, -0.05) is 18.9 Å². The molecule has 0 saturated carbocycles.